The first-order valence-corrected chi connectivity index (χ1v) is 11.2. The van der Waals surface area contributed by atoms with Crippen molar-refractivity contribution in [3.8, 4) is 11.3 Å². The topological polar surface area (TPSA) is 34.0 Å². The molecule has 0 spiro atoms. The van der Waals surface area contributed by atoms with Crippen molar-refractivity contribution in [1.29, 1.82) is 0 Å². The number of rotatable bonds is 9. The number of aromatic nitrogens is 3. The van der Waals surface area contributed by atoms with Gasteiger partial charge in [-0.15, -0.1) is 11.3 Å². The molecule has 3 rings (SSSR count). The molecule has 0 atom stereocenters. The predicted molar refractivity (Wildman–Crippen MR) is 127 cm³/mol. The first-order valence-electron chi connectivity index (χ1n) is 10.3. The summed E-state index contributed by atoms with van der Waals surface area (Å²) in [5.74, 6) is 1.59. The predicted octanol–water partition coefficient (Wildman–Crippen LogP) is 7.17. The molecule has 2 heterocycles. The van der Waals surface area contributed by atoms with Crippen molar-refractivity contribution in [2.75, 3.05) is 11.9 Å². The van der Waals surface area contributed by atoms with Crippen LogP contribution in [-0.4, -0.2) is 21.6 Å². The minimum atomic E-state index is -0.245. The molecule has 0 bridgehead atoms. The molecule has 0 amide bonds. The van der Waals surface area contributed by atoms with Gasteiger partial charge >= 0.3 is 0 Å². The number of imidazole rings is 1. The molecule has 0 saturated carbocycles. The highest BCUT2D eigenvalue weighted by atomic mass is 32.1. The largest absolute Gasteiger partial charge is 0.305 e. The van der Waals surface area contributed by atoms with Gasteiger partial charge in [0.2, 0.25) is 0 Å². The molecule has 0 radical (unpaired) electrons. The van der Waals surface area contributed by atoms with E-state index in [1.165, 1.54) is 30.5 Å². The lowest BCUT2D eigenvalue weighted by Gasteiger charge is -2.19. The summed E-state index contributed by atoms with van der Waals surface area (Å²) in [6, 6.07) is 6.43. The van der Waals surface area contributed by atoms with Gasteiger partial charge in [0.1, 0.15) is 17.5 Å². The van der Waals surface area contributed by atoms with Gasteiger partial charge in [-0.2, -0.15) is 0 Å². The molecule has 1 aromatic carbocycles. The van der Waals surface area contributed by atoms with E-state index in [9.17, 15) is 4.39 Å². The Bertz CT molecular complexity index is 1030. The first-order chi connectivity index (χ1) is 14.5. The molecule has 3 aromatic rings. The average Bonchev–Trinajstić information content (AvgIpc) is 3.37. The Morgan fingerprint density at radius 3 is 2.60 bits per heavy atom. The van der Waals surface area contributed by atoms with E-state index >= 15 is 0 Å². The molecule has 0 N–H and O–H groups in total. The number of nitrogens with zero attached hydrogens (tertiary/aromatic N) is 4. The Hall–Kier alpha value is -2.73. The van der Waals surface area contributed by atoms with E-state index in [2.05, 4.69) is 43.0 Å². The molecule has 6 heteroatoms. The zero-order valence-corrected chi connectivity index (χ0v) is 19.0. The van der Waals surface area contributed by atoms with Gasteiger partial charge < -0.3 is 4.90 Å². The fourth-order valence-electron chi connectivity index (χ4n) is 3.36. The van der Waals surface area contributed by atoms with Crippen LogP contribution in [0.25, 0.3) is 23.5 Å². The Balaban J connectivity index is 2.01. The highest BCUT2D eigenvalue weighted by Crippen LogP contribution is 2.34. The van der Waals surface area contributed by atoms with Crippen LogP contribution < -0.4 is 4.90 Å². The summed E-state index contributed by atoms with van der Waals surface area (Å²) in [7, 11) is 2.02. The third-order valence-electron chi connectivity index (χ3n) is 5.01. The highest BCUT2D eigenvalue weighted by molar-refractivity contribution is 7.14. The van der Waals surface area contributed by atoms with Crippen LogP contribution in [0.1, 0.15) is 51.6 Å². The molecule has 0 saturated heterocycles. The van der Waals surface area contributed by atoms with Crippen LogP contribution in [0.15, 0.2) is 41.8 Å². The lowest BCUT2D eigenvalue weighted by molar-refractivity contribution is 0.628. The van der Waals surface area contributed by atoms with Gasteiger partial charge in [-0.3, -0.25) is 4.57 Å². The Labute approximate surface area is 182 Å². The highest BCUT2D eigenvalue weighted by Gasteiger charge is 2.20. The molecule has 158 valence electrons. The van der Waals surface area contributed by atoms with Crippen molar-refractivity contribution in [1.82, 2.24) is 14.5 Å². The third-order valence-corrected chi connectivity index (χ3v) is 5.93. The maximum atomic E-state index is 13.3. The molecule has 0 unspecified atom stereocenters. The summed E-state index contributed by atoms with van der Waals surface area (Å²) in [6.45, 7) is 10.4. The van der Waals surface area contributed by atoms with Gasteiger partial charge in [0.15, 0.2) is 5.13 Å². The standard InChI is InChI=1S/C24H29FN4S/c1-6-9-10-17(4)15-29-22(8-3)26-20(7-2)23(29)28(5)24-27-21(16-30-24)18-11-13-19(25)14-12-18/h8,11-16H,3,6-7,9-10H2,1-2,4-5H3/b17-15+. The Morgan fingerprint density at radius 2 is 1.97 bits per heavy atom. The number of aryl methyl sites for hydroxylation is 1. The van der Waals surface area contributed by atoms with Crippen molar-refractivity contribution in [3.05, 3.63) is 59.1 Å². The molecular formula is C24H29FN4S. The van der Waals surface area contributed by atoms with Crippen molar-refractivity contribution >= 4 is 34.6 Å². The van der Waals surface area contributed by atoms with Crippen LogP contribution in [0.2, 0.25) is 0 Å². The maximum Gasteiger partial charge on any atom is 0.191 e. The maximum absolute atomic E-state index is 13.3. The summed E-state index contributed by atoms with van der Waals surface area (Å²) in [5.41, 5.74) is 4.05. The number of hydrogen-bond donors (Lipinski definition) is 0. The molecule has 0 aliphatic carbocycles. The SMILES string of the molecule is C=Cc1nc(CC)c(N(C)c2nc(-c3ccc(F)cc3)cs2)n1/C=C(\C)CCCC. The van der Waals surface area contributed by atoms with Crippen LogP contribution in [0.3, 0.4) is 0 Å². The van der Waals surface area contributed by atoms with E-state index in [0.717, 1.165) is 46.6 Å². The van der Waals surface area contributed by atoms with Gasteiger partial charge in [-0.1, -0.05) is 32.4 Å². The van der Waals surface area contributed by atoms with E-state index in [1.54, 1.807) is 29.5 Å². The van der Waals surface area contributed by atoms with Crippen molar-refractivity contribution in [2.45, 2.75) is 46.5 Å². The monoisotopic (exact) mass is 424 g/mol. The molecule has 30 heavy (non-hydrogen) atoms. The van der Waals surface area contributed by atoms with Crippen molar-refractivity contribution < 1.29 is 4.39 Å². The molecule has 4 nitrogen and oxygen atoms in total. The third kappa shape index (κ3) is 4.70. The van der Waals surface area contributed by atoms with Crippen LogP contribution in [0.4, 0.5) is 15.3 Å². The number of anilines is 2. The molecular weight excluding hydrogens is 395 g/mol. The number of hydrogen-bond acceptors (Lipinski definition) is 4. The number of thiazole rings is 1. The summed E-state index contributed by atoms with van der Waals surface area (Å²) in [6.07, 6.45) is 8.17. The van der Waals surface area contributed by atoms with Gasteiger partial charge in [0.05, 0.1) is 11.4 Å². The number of unbranched alkanes of at least 4 members (excludes halogenated alkanes) is 1. The van der Waals surface area contributed by atoms with Gasteiger partial charge in [-0.05, 0) is 56.5 Å². The summed E-state index contributed by atoms with van der Waals surface area (Å²) in [5, 5.41) is 2.86. The minimum Gasteiger partial charge on any atom is -0.305 e. The zero-order chi connectivity index (χ0) is 21.7. The fourth-order valence-corrected chi connectivity index (χ4v) is 4.16. The molecule has 0 aliphatic heterocycles. The van der Waals surface area contributed by atoms with E-state index in [1.807, 2.05) is 12.4 Å². The number of allylic oxidation sites excluding steroid dienone is 1. The van der Waals surface area contributed by atoms with Crippen LogP contribution in [0.5, 0.6) is 0 Å². The lowest BCUT2D eigenvalue weighted by Crippen LogP contribution is -2.15. The number of halogens is 1. The second-order valence-electron chi connectivity index (χ2n) is 7.33. The minimum absolute atomic E-state index is 0.245. The van der Waals surface area contributed by atoms with E-state index < -0.39 is 0 Å². The zero-order valence-electron chi connectivity index (χ0n) is 18.2. The van der Waals surface area contributed by atoms with Crippen LogP contribution >= 0.6 is 11.3 Å². The molecule has 0 fully saturated rings. The first kappa shape index (κ1) is 22.0. The smallest absolute Gasteiger partial charge is 0.191 e. The molecule has 0 aliphatic rings. The molecule has 2 aromatic heterocycles. The van der Waals surface area contributed by atoms with E-state index in [0.29, 0.717) is 0 Å². The summed E-state index contributed by atoms with van der Waals surface area (Å²) < 4.78 is 15.4. The lowest BCUT2D eigenvalue weighted by atomic mass is 10.1. The quantitative estimate of drug-likeness (QED) is 0.365. The van der Waals surface area contributed by atoms with E-state index in [-0.39, 0.29) is 5.82 Å². The van der Waals surface area contributed by atoms with Gasteiger partial charge in [0.25, 0.3) is 0 Å². The summed E-state index contributed by atoms with van der Waals surface area (Å²) in [4.78, 5) is 11.7. The van der Waals surface area contributed by atoms with Crippen LogP contribution in [-0.2, 0) is 6.42 Å². The average molecular weight is 425 g/mol. The number of benzene rings is 1. The second kappa shape index (κ2) is 9.85. The normalized spacial score (nSPS) is 11.7. The van der Waals surface area contributed by atoms with E-state index in [4.69, 9.17) is 9.97 Å². The van der Waals surface area contributed by atoms with Crippen LogP contribution in [0, 0.1) is 5.82 Å². The van der Waals surface area contributed by atoms with Crippen molar-refractivity contribution in [2.24, 2.45) is 0 Å². The Kier molecular flexibility index (Phi) is 7.21. The fraction of sp³-hybridized carbons (Fsp3) is 0.333. The summed E-state index contributed by atoms with van der Waals surface area (Å²) >= 11 is 1.56. The van der Waals surface area contributed by atoms with Crippen molar-refractivity contribution in [3.63, 3.8) is 0 Å². The second-order valence-corrected chi connectivity index (χ2v) is 8.16. The van der Waals surface area contributed by atoms with Gasteiger partial charge in [0, 0.05) is 24.2 Å². The Morgan fingerprint density at radius 1 is 1.23 bits per heavy atom. The van der Waals surface area contributed by atoms with Gasteiger partial charge in [-0.25, -0.2) is 14.4 Å².